The summed E-state index contributed by atoms with van der Waals surface area (Å²) in [7, 11) is 0. The molecule has 0 amide bonds. The van der Waals surface area contributed by atoms with Crippen LogP contribution in [0.4, 0.5) is 5.82 Å². The van der Waals surface area contributed by atoms with Gasteiger partial charge in [0, 0.05) is 30.8 Å². The van der Waals surface area contributed by atoms with E-state index in [1.165, 1.54) is 0 Å². The van der Waals surface area contributed by atoms with E-state index in [2.05, 4.69) is 16.0 Å². The molecule has 5 heteroatoms. The summed E-state index contributed by atoms with van der Waals surface area (Å²) >= 11 is 0. The molecule has 1 aromatic heterocycles. The van der Waals surface area contributed by atoms with Crippen LogP contribution in [-0.2, 0) is 16.0 Å². The Morgan fingerprint density at radius 2 is 2.16 bits per heavy atom. The molecular formula is C14H21N3O2. The van der Waals surface area contributed by atoms with E-state index in [0.717, 1.165) is 43.0 Å². The Morgan fingerprint density at radius 1 is 1.37 bits per heavy atom. The summed E-state index contributed by atoms with van der Waals surface area (Å²) in [5.41, 5.74) is 7.92. The summed E-state index contributed by atoms with van der Waals surface area (Å²) in [5.74, 6) is 0.566. The van der Waals surface area contributed by atoms with Crippen molar-refractivity contribution in [1.82, 2.24) is 4.98 Å². The summed E-state index contributed by atoms with van der Waals surface area (Å²) in [4.78, 5) is 6.91. The number of piperidine rings is 1. The molecule has 0 aromatic carbocycles. The average Bonchev–Trinajstić information content (AvgIpc) is 2.86. The van der Waals surface area contributed by atoms with Gasteiger partial charge in [-0.1, -0.05) is 6.07 Å². The molecule has 0 aliphatic carbocycles. The van der Waals surface area contributed by atoms with E-state index < -0.39 is 5.79 Å². The summed E-state index contributed by atoms with van der Waals surface area (Å²) in [6, 6.07) is 4.07. The minimum atomic E-state index is -0.421. The highest BCUT2D eigenvalue weighted by Gasteiger charge is 2.41. The summed E-state index contributed by atoms with van der Waals surface area (Å²) in [5, 5.41) is 0. The van der Waals surface area contributed by atoms with Crippen LogP contribution in [0.25, 0.3) is 0 Å². The van der Waals surface area contributed by atoms with Crippen LogP contribution in [0, 0.1) is 6.92 Å². The monoisotopic (exact) mass is 263 g/mol. The lowest BCUT2D eigenvalue weighted by atomic mass is 10.0. The van der Waals surface area contributed by atoms with E-state index in [9.17, 15) is 0 Å². The topological polar surface area (TPSA) is 60.6 Å². The standard InChI is InChI=1S/C14H21N3O2/c1-11-3-4-12(9-15)13(16-11)17-6-2-5-14(10-17)18-7-8-19-14/h3-4H,2,5-10,15H2,1H3. The molecule has 19 heavy (non-hydrogen) atoms. The third-order valence-electron chi connectivity index (χ3n) is 3.85. The number of ether oxygens (including phenoxy) is 2. The molecule has 3 heterocycles. The van der Waals surface area contributed by atoms with Crippen molar-refractivity contribution >= 4 is 5.82 Å². The van der Waals surface area contributed by atoms with Crippen LogP contribution in [0.15, 0.2) is 12.1 Å². The maximum atomic E-state index is 5.82. The molecule has 1 aromatic rings. The van der Waals surface area contributed by atoms with Gasteiger partial charge in [0.1, 0.15) is 5.82 Å². The van der Waals surface area contributed by atoms with Crippen LogP contribution in [0.2, 0.25) is 0 Å². The van der Waals surface area contributed by atoms with Gasteiger partial charge in [0.2, 0.25) is 0 Å². The van der Waals surface area contributed by atoms with Gasteiger partial charge in [-0.2, -0.15) is 0 Å². The number of pyridine rings is 1. The molecule has 5 nitrogen and oxygen atoms in total. The van der Waals surface area contributed by atoms with E-state index >= 15 is 0 Å². The fourth-order valence-corrected chi connectivity index (χ4v) is 2.91. The minimum absolute atomic E-state index is 0.421. The molecule has 0 radical (unpaired) electrons. The van der Waals surface area contributed by atoms with Crippen LogP contribution in [0.3, 0.4) is 0 Å². The molecule has 0 saturated carbocycles. The van der Waals surface area contributed by atoms with E-state index in [-0.39, 0.29) is 0 Å². The van der Waals surface area contributed by atoms with Gasteiger partial charge >= 0.3 is 0 Å². The first-order valence-electron chi connectivity index (χ1n) is 6.92. The Labute approximate surface area is 113 Å². The molecule has 1 spiro atoms. The summed E-state index contributed by atoms with van der Waals surface area (Å²) in [6.45, 7) is 5.63. The first kappa shape index (κ1) is 12.8. The molecule has 2 aliphatic rings. The van der Waals surface area contributed by atoms with Crippen LogP contribution in [0.1, 0.15) is 24.1 Å². The van der Waals surface area contributed by atoms with Crippen molar-refractivity contribution < 1.29 is 9.47 Å². The van der Waals surface area contributed by atoms with Crippen molar-refractivity contribution in [1.29, 1.82) is 0 Å². The number of anilines is 1. The van der Waals surface area contributed by atoms with Gasteiger partial charge in [-0.25, -0.2) is 4.98 Å². The third-order valence-corrected chi connectivity index (χ3v) is 3.85. The Bertz CT molecular complexity index is 458. The van der Waals surface area contributed by atoms with Crippen molar-refractivity contribution in [2.24, 2.45) is 5.73 Å². The van der Waals surface area contributed by atoms with E-state index in [0.29, 0.717) is 19.8 Å². The lowest BCUT2D eigenvalue weighted by molar-refractivity contribution is -0.161. The number of aromatic nitrogens is 1. The number of nitrogens with zero attached hydrogens (tertiary/aromatic N) is 2. The highest BCUT2D eigenvalue weighted by Crippen LogP contribution is 2.33. The highest BCUT2D eigenvalue weighted by atomic mass is 16.7. The van der Waals surface area contributed by atoms with Crippen LogP contribution in [-0.4, -0.2) is 37.1 Å². The van der Waals surface area contributed by atoms with Gasteiger partial charge in [0.05, 0.1) is 19.8 Å². The number of aryl methyl sites for hydroxylation is 1. The Kier molecular flexibility index (Phi) is 3.43. The zero-order chi connectivity index (χ0) is 13.3. The predicted octanol–water partition coefficient (Wildman–Crippen LogP) is 1.19. The molecular weight excluding hydrogens is 242 g/mol. The van der Waals surface area contributed by atoms with Crippen LogP contribution < -0.4 is 10.6 Å². The molecule has 0 bridgehead atoms. The first-order valence-corrected chi connectivity index (χ1v) is 6.92. The summed E-state index contributed by atoms with van der Waals surface area (Å²) in [6.07, 6.45) is 2.02. The van der Waals surface area contributed by atoms with Crippen LogP contribution >= 0.6 is 0 Å². The Morgan fingerprint density at radius 3 is 2.89 bits per heavy atom. The van der Waals surface area contributed by atoms with Crippen molar-refractivity contribution in [3.8, 4) is 0 Å². The summed E-state index contributed by atoms with van der Waals surface area (Å²) < 4.78 is 11.6. The maximum Gasteiger partial charge on any atom is 0.186 e. The van der Waals surface area contributed by atoms with E-state index in [1.54, 1.807) is 0 Å². The predicted molar refractivity (Wildman–Crippen MR) is 72.9 cm³/mol. The third kappa shape index (κ3) is 2.45. The molecule has 3 rings (SSSR count). The number of hydrogen-bond donors (Lipinski definition) is 1. The molecule has 2 fully saturated rings. The second kappa shape index (κ2) is 5.07. The molecule has 104 valence electrons. The SMILES string of the molecule is Cc1ccc(CN)c(N2CCCC3(C2)OCCO3)n1. The minimum Gasteiger partial charge on any atom is -0.351 e. The number of nitrogens with two attached hydrogens (primary N) is 1. The van der Waals surface area contributed by atoms with Gasteiger partial charge < -0.3 is 20.1 Å². The quantitative estimate of drug-likeness (QED) is 0.868. The number of hydrogen-bond acceptors (Lipinski definition) is 5. The van der Waals surface area contributed by atoms with Gasteiger partial charge in [-0.05, 0) is 19.4 Å². The second-order valence-corrected chi connectivity index (χ2v) is 5.27. The van der Waals surface area contributed by atoms with Gasteiger partial charge in [0.25, 0.3) is 0 Å². The zero-order valence-electron chi connectivity index (χ0n) is 11.4. The molecule has 2 aliphatic heterocycles. The Hall–Kier alpha value is -1.17. The molecule has 0 atom stereocenters. The van der Waals surface area contributed by atoms with Gasteiger partial charge in [0.15, 0.2) is 5.79 Å². The lowest BCUT2D eigenvalue weighted by Crippen LogP contribution is -2.49. The fourth-order valence-electron chi connectivity index (χ4n) is 2.91. The second-order valence-electron chi connectivity index (χ2n) is 5.27. The van der Waals surface area contributed by atoms with E-state index in [1.807, 2.05) is 13.0 Å². The van der Waals surface area contributed by atoms with Gasteiger partial charge in [-0.15, -0.1) is 0 Å². The fraction of sp³-hybridized carbons (Fsp3) is 0.643. The van der Waals surface area contributed by atoms with Crippen molar-refractivity contribution in [3.63, 3.8) is 0 Å². The average molecular weight is 263 g/mol. The van der Waals surface area contributed by atoms with Crippen LogP contribution in [0.5, 0.6) is 0 Å². The van der Waals surface area contributed by atoms with Gasteiger partial charge in [-0.3, -0.25) is 0 Å². The van der Waals surface area contributed by atoms with Crippen molar-refractivity contribution in [3.05, 3.63) is 23.4 Å². The smallest absolute Gasteiger partial charge is 0.186 e. The molecule has 0 unspecified atom stereocenters. The largest absolute Gasteiger partial charge is 0.351 e. The molecule has 2 saturated heterocycles. The maximum absolute atomic E-state index is 5.82. The first-order chi connectivity index (χ1) is 9.22. The highest BCUT2D eigenvalue weighted by molar-refractivity contribution is 5.48. The normalized spacial score (nSPS) is 22.1. The molecule has 2 N–H and O–H groups in total. The lowest BCUT2D eigenvalue weighted by Gasteiger charge is -2.39. The van der Waals surface area contributed by atoms with Crippen molar-refractivity contribution in [2.45, 2.75) is 32.1 Å². The Balaban J connectivity index is 1.87. The zero-order valence-corrected chi connectivity index (χ0v) is 11.4. The van der Waals surface area contributed by atoms with Crippen molar-refractivity contribution in [2.75, 3.05) is 31.2 Å². The number of rotatable bonds is 2. The van der Waals surface area contributed by atoms with E-state index in [4.69, 9.17) is 15.2 Å².